The molecule has 0 spiro atoms. The van der Waals surface area contributed by atoms with Gasteiger partial charge in [-0.05, 0) is 44.7 Å². The SMILES string of the molecule is Cc1nn(C2CCCCCC2)c(C)c1C(C)CN. The summed E-state index contributed by atoms with van der Waals surface area (Å²) in [5, 5.41) is 4.81. The summed E-state index contributed by atoms with van der Waals surface area (Å²) < 4.78 is 2.29. The van der Waals surface area contributed by atoms with Crippen LogP contribution in [0.15, 0.2) is 0 Å². The first-order valence-corrected chi connectivity index (χ1v) is 7.40. The van der Waals surface area contributed by atoms with Gasteiger partial charge in [0.2, 0.25) is 0 Å². The molecule has 1 heterocycles. The highest BCUT2D eigenvalue weighted by molar-refractivity contribution is 5.29. The van der Waals surface area contributed by atoms with E-state index in [4.69, 9.17) is 10.8 Å². The maximum absolute atomic E-state index is 5.82. The number of aromatic nitrogens is 2. The molecule has 102 valence electrons. The second kappa shape index (κ2) is 5.87. The zero-order valence-corrected chi connectivity index (χ0v) is 12.1. The van der Waals surface area contributed by atoms with Crippen molar-refractivity contribution in [1.29, 1.82) is 0 Å². The molecule has 1 aromatic heterocycles. The van der Waals surface area contributed by atoms with Crippen LogP contribution >= 0.6 is 0 Å². The molecule has 1 saturated carbocycles. The first-order valence-electron chi connectivity index (χ1n) is 7.40. The highest BCUT2D eigenvalue weighted by Gasteiger charge is 2.22. The van der Waals surface area contributed by atoms with Gasteiger partial charge in [-0.25, -0.2) is 0 Å². The molecule has 3 heteroatoms. The van der Waals surface area contributed by atoms with Gasteiger partial charge in [-0.1, -0.05) is 32.6 Å². The van der Waals surface area contributed by atoms with E-state index >= 15 is 0 Å². The number of rotatable bonds is 3. The van der Waals surface area contributed by atoms with E-state index in [-0.39, 0.29) is 0 Å². The molecule has 0 aromatic carbocycles. The molecule has 1 aliphatic carbocycles. The van der Waals surface area contributed by atoms with E-state index in [1.807, 2.05) is 0 Å². The molecule has 1 aromatic rings. The molecular formula is C15H27N3. The second-order valence-electron chi connectivity index (χ2n) is 5.81. The Kier molecular flexibility index (Phi) is 4.44. The predicted octanol–water partition coefficient (Wildman–Crippen LogP) is 3.46. The third-order valence-electron chi connectivity index (χ3n) is 4.40. The fourth-order valence-corrected chi connectivity index (χ4v) is 3.36. The van der Waals surface area contributed by atoms with Gasteiger partial charge >= 0.3 is 0 Å². The largest absolute Gasteiger partial charge is 0.330 e. The molecule has 3 nitrogen and oxygen atoms in total. The van der Waals surface area contributed by atoms with Crippen molar-refractivity contribution in [1.82, 2.24) is 9.78 Å². The van der Waals surface area contributed by atoms with Gasteiger partial charge in [0.25, 0.3) is 0 Å². The minimum atomic E-state index is 0.421. The van der Waals surface area contributed by atoms with E-state index in [9.17, 15) is 0 Å². The highest BCUT2D eigenvalue weighted by Crippen LogP contribution is 2.31. The monoisotopic (exact) mass is 249 g/mol. The summed E-state index contributed by atoms with van der Waals surface area (Å²) >= 11 is 0. The molecule has 0 aliphatic heterocycles. The van der Waals surface area contributed by atoms with E-state index in [0.717, 1.165) is 0 Å². The minimum absolute atomic E-state index is 0.421. The first-order chi connectivity index (χ1) is 8.65. The average molecular weight is 249 g/mol. The summed E-state index contributed by atoms with van der Waals surface area (Å²) in [6.07, 6.45) is 8.07. The van der Waals surface area contributed by atoms with Crippen LogP contribution in [0.2, 0.25) is 0 Å². The molecular weight excluding hydrogens is 222 g/mol. The number of nitrogens with two attached hydrogens (primary N) is 1. The third kappa shape index (κ3) is 2.61. The van der Waals surface area contributed by atoms with Gasteiger partial charge < -0.3 is 5.73 Å². The normalized spacial score (nSPS) is 19.8. The molecule has 0 radical (unpaired) electrons. The number of hydrogen-bond donors (Lipinski definition) is 1. The summed E-state index contributed by atoms with van der Waals surface area (Å²) in [6, 6.07) is 0.616. The van der Waals surface area contributed by atoms with Crippen LogP contribution in [0.25, 0.3) is 0 Å². The summed E-state index contributed by atoms with van der Waals surface area (Å²) in [6.45, 7) is 7.25. The fourth-order valence-electron chi connectivity index (χ4n) is 3.36. The van der Waals surface area contributed by atoms with E-state index < -0.39 is 0 Å². The lowest BCUT2D eigenvalue weighted by molar-refractivity contribution is 0.396. The molecule has 18 heavy (non-hydrogen) atoms. The summed E-state index contributed by atoms with van der Waals surface area (Å²) in [4.78, 5) is 0. The maximum atomic E-state index is 5.82. The van der Waals surface area contributed by atoms with E-state index in [2.05, 4.69) is 25.5 Å². The quantitative estimate of drug-likeness (QED) is 0.834. The molecule has 1 fully saturated rings. The number of hydrogen-bond acceptors (Lipinski definition) is 2. The predicted molar refractivity (Wildman–Crippen MR) is 75.9 cm³/mol. The van der Waals surface area contributed by atoms with Crippen LogP contribution < -0.4 is 5.73 Å². The Bertz CT molecular complexity index is 387. The Hall–Kier alpha value is -0.830. The Morgan fingerprint density at radius 2 is 1.83 bits per heavy atom. The standard InChI is InChI=1S/C15H27N3/c1-11(10-16)15-12(2)17-18(13(15)3)14-8-6-4-5-7-9-14/h11,14H,4-10,16H2,1-3H3. The number of aryl methyl sites for hydroxylation is 1. The molecule has 1 unspecified atom stereocenters. The Balaban J connectivity index is 2.28. The molecule has 1 atom stereocenters. The van der Waals surface area contributed by atoms with Gasteiger partial charge in [-0.15, -0.1) is 0 Å². The first kappa shape index (κ1) is 13.6. The van der Waals surface area contributed by atoms with E-state index in [1.165, 1.54) is 55.5 Å². The molecule has 2 N–H and O–H groups in total. The van der Waals surface area contributed by atoms with Crippen molar-refractivity contribution in [3.05, 3.63) is 17.0 Å². The summed E-state index contributed by atoms with van der Waals surface area (Å²) in [7, 11) is 0. The van der Waals surface area contributed by atoms with Crippen molar-refractivity contribution in [3.8, 4) is 0 Å². The van der Waals surface area contributed by atoms with Crippen molar-refractivity contribution in [3.63, 3.8) is 0 Å². The van der Waals surface area contributed by atoms with Crippen LogP contribution in [0, 0.1) is 13.8 Å². The Morgan fingerprint density at radius 1 is 1.22 bits per heavy atom. The van der Waals surface area contributed by atoms with Crippen molar-refractivity contribution < 1.29 is 0 Å². The van der Waals surface area contributed by atoms with Crippen LogP contribution in [0.3, 0.4) is 0 Å². The topological polar surface area (TPSA) is 43.8 Å². The smallest absolute Gasteiger partial charge is 0.0631 e. The van der Waals surface area contributed by atoms with Crippen molar-refractivity contribution in [2.24, 2.45) is 5.73 Å². The Labute approximate surface area is 111 Å². The Morgan fingerprint density at radius 3 is 2.39 bits per heavy atom. The van der Waals surface area contributed by atoms with Crippen LogP contribution in [0.4, 0.5) is 0 Å². The minimum Gasteiger partial charge on any atom is -0.330 e. The van der Waals surface area contributed by atoms with Gasteiger partial charge in [-0.3, -0.25) is 4.68 Å². The van der Waals surface area contributed by atoms with Gasteiger partial charge in [0.15, 0.2) is 0 Å². The lowest BCUT2D eigenvalue weighted by Crippen LogP contribution is -2.13. The van der Waals surface area contributed by atoms with Crippen LogP contribution in [0.5, 0.6) is 0 Å². The van der Waals surface area contributed by atoms with Crippen LogP contribution in [-0.4, -0.2) is 16.3 Å². The average Bonchev–Trinajstić information content (AvgIpc) is 2.59. The van der Waals surface area contributed by atoms with Crippen molar-refractivity contribution in [2.45, 2.75) is 71.3 Å². The van der Waals surface area contributed by atoms with Crippen molar-refractivity contribution >= 4 is 0 Å². The van der Waals surface area contributed by atoms with E-state index in [1.54, 1.807) is 0 Å². The molecule has 0 saturated heterocycles. The molecule has 1 aliphatic rings. The third-order valence-corrected chi connectivity index (χ3v) is 4.40. The fraction of sp³-hybridized carbons (Fsp3) is 0.800. The van der Waals surface area contributed by atoms with Crippen LogP contribution in [0.1, 0.15) is 74.4 Å². The van der Waals surface area contributed by atoms with Gasteiger partial charge in [0.05, 0.1) is 11.7 Å². The van der Waals surface area contributed by atoms with Crippen LogP contribution in [-0.2, 0) is 0 Å². The molecule has 0 bridgehead atoms. The lowest BCUT2D eigenvalue weighted by Gasteiger charge is -2.17. The summed E-state index contributed by atoms with van der Waals surface area (Å²) in [5.41, 5.74) is 9.71. The second-order valence-corrected chi connectivity index (χ2v) is 5.81. The van der Waals surface area contributed by atoms with Gasteiger partial charge in [0, 0.05) is 5.69 Å². The zero-order valence-electron chi connectivity index (χ0n) is 12.1. The number of nitrogens with zero attached hydrogens (tertiary/aromatic N) is 2. The summed E-state index contributed by atoms with van der Waals surface area (Å²) in [5.74, 6) is 0.421. The molecule has 0 amide bonds. The van der Waals surface area contributed by atoms with Gasteiger partial charge in [0.1, 0.15) is 0 Å². The highest BCUT2D eigenvalue weighted by atomic mass is 15.3. The van der Waals surface area contributed by atoms with Gasteiger partial charge in [-0.2, -0.15) is 5.10 Å². The van der Waals surface area contributed by atoms with E-state index in [0.29, 0.717) is 18.5 Å². The zero-order chi connectivity index (χ0) is 13.1. The lowest BCUT2D eigenvalue weighted by atomic mass is 9.99. The molecule has 2 rings (SSSR count). The maximum Gasteiger partial charge on any atom is 0.0631 e. The van der Waals surface area contributed by atoms with Crippen molar-refractivity contribution in [2.75, 3.05) is 6.54 Å².